The van der Waals surface area contributed by atoms with E-state index in [2.05, 4.69) is 0 Å². The standard InChI is InChI=1S/C16H11O4P/c17-14-3-1-2-13-12(14)8-9-15(18)16(13)10-4-6-11(7-5-10)20-21-19/h1-9,17-18H. The Morgan fingerprint density at radius 2 is 1.57 bits per heavy atom. The maximum atomic E-state index is 10.4. The lowest BCUT2D eigenvalue weighted by Gasteiger charge is -2.10. The Morgan fingerprint density at radius 3 is 2.29 bits per heavy atom. The van der Waals surface area contributed by atoms with Crippen molar-refractivity contribution in [2.45, 2.75) is 0 Å². The summed E-state index contributed by atoms with van der Waals surface area (Å²) in [6.07, 6.45) is 0. The van der Waals surface area contributed by atoms with Gasteiger partial charge in [0.15, 0.2) is 0 Å². The number of fused-ring (bicyclic) bond motifs is 1. The Bertz CT molecular complexity index is 812. The highest BCUT2D eigenvalue weighted by atomic mass is 31.1. The molecule has 0 fully saturated rings. The number of benzene rings is 3. The fourth-order valence-corrected chi connectivity index (χ4v) is 2.57. The number of phenolic OH excluding ortho intramolecular Hbond substituents is 2. The highest BCUT2D eigenvalue weighted by Gasteiger charge is 2.11. The van der Waals surface area contributed by atoms with Gasteiger partial charge in [0.1, 0.15) is 17.2 Å². The fourth-order valence-electron chi connectivity index (χ4n) is 2.36. The van der Waals surface area contributed by atoms with Gasteiger partial charge in [-0.15, -0.1) is 0 Å². The first kappa shape index (κ1) is 13.4. The molecule has 0 aliphatic rings. The summed E-state index contributed by atoms with van der Waals surface area (Å²) in [4.78, 5) is 0. The van der Waals surface area contributed by atoms with Crippen LogP contribution in [0.4, 0.5) is 0 Å². The van der Waals surface area contributed by atoms with Gasteiger partial charge < -0.3 is 14.7 Å². The molecule has 3 aromatic carbocycles. The molecule has 0 atom stereocenters. The molecule has 0 radical (unpaired) electrons. The normalized spacial score (nSPS) is 10.9. The quantitative estimate of drug-likeness (QED) is 0.698. The molecule has 0 bridgehead atoms. The van der Waals surface area contributed by atoms with Crippen molar-refractivity contribution in [3.63, 3.8) is 0 Å². The van der Waals surface area contributed by atoms with Crippen molar-refractivity contribution in [1.29, 1.82) is 0 Å². The van der Waals surface area contributed by atoms with E-state index in [0.717, 1.165) is 10.9 Å². The maximum absolute atomic E-state index is 10.4. The Kier molecular flexibility index (Phi) is 3.46. The average Bonchev–Trinajstić information content (AvgIpc) is 2.49. The predicted octanol–water partition coefficient (Wildman–Crippen LogP) is 4.50. The van der Waals surface area contributed by atoms with Gasteiger partial charge >= 0.3 is 8.69 Å². The first-order valence-electron chi connectivity index (χ1n) is 6.24. The highest BCUT2D eigenvalue weighted by molar-refractivity contribution is 7.17. The summed E-state index contributed by atoms with van der Waals surface area (Å²) in [6, 6.07) is 15.3. The van der Waals surface area contributed by atoms with Crippen molar-refractivity contribution in [3.05, 3.63) is 54.6 Å². The molecule has 0 aliphatic carbocycles. The number of phenols is 2. The van der Waals surface area contributed by atoms with E-state index in [1.807, 2.05) is 6.07 Å². The van der Waals surface area contributed by atoms with Crippen molar-refractivity contribution in [3.8, 4) is 28.4 Å². The van der Waals surface area contributed by atoms with Crippen LogP contribution < -0.4 is 4.52 Å². The monoisotopic (exact) mass is 298 g/mol. The Labute approximate surface area is 122 Å². The van der Waals surface area contributed by atoms with Crippen LogP contribution in [0.15, 0.2) is 54.6 Å². The smallest absolute Gasteiger partial charge is 0.395 e. The van der Waals surface area contributed by atoms with Gasteiger partial charge in [-0.25, -0.2) is 4.57 Å². The van der Waals surface area contributed by atoms with Crippen LogP contribution in [0.25, 0.3) is 21.9 Å². The van der Waals surface area contributed by atoms with Crippen molar-refractivity contribution in [2.24, 2.45) is 0 Å². The van der Waals surface area contributed by atoms with Crippen LogP contribution in [0.2, 0.25) is 0 Å². The van der Waals surface area contributed by atoms with Crippen LogP contribution >= 0.6 is 8.69 Å². The third-order valence-corrected chi connectivity index (χ3v) is 3.59. The van der Waals surface area contributed by atoms with E-state index < -0.39 is 8.69 Å². The van der Waals surface area contributed by atoms with Gasteiger partial charge in [0.05, 0.1) is 0 Å². The highest BCUT2D eigenvalue weighted by Crippen LogP contribution is 2.39. The lowest BCUT2D eigenvalue weighted by atomic mass is 9.97. The van der Waals surface area contributed by atoms with Crippen molar-refractivity contribution >= 4 is 19.5 Å². The molecule has 0 saturated heterocycles. The minimum absolute atomic E-state index is 0.128. The Hall–Kier alpha value is -2.58. The molecule has 4 nitrogen and oxygen atoms in total. The molecule has 0 aromatic heterocycles. The molecular formula is C16H11O4P. The van der Waals surface area contributed by atoms with Crippen LogP contribution in [-0.2, 0) is 4.57 Å². The predicted molar refractivity (Wildman–Crippen MR) is 80.9 cm³/mol. The van der Waals surface area contributed by atoms with Gasteiger partial charge in [0.25, 0.3) is 0 Å². The molecule has 21 heavy (non-hydrogen) atoms. The molecule has 0 spiro atoms. The Morgan fingerprint density at radius 1 is 0.810 bits per heavy atom. The number of aromatic hydroxyl groups is 2. The molecular weight excluding hydrogens is 287 g/mol. The SMILES string of the molecule is O=POc1ccc(-c2c(O)ccc3c(O)cccc23)cc1. The molecule has 0 saturated carbocycles. The minimum Gasteiger partial charge on any atom is -0.507 e. The summed E-state index contributed by atoms with van der Waals surface area (Å²) in [7, 11) is -0.411. The zero-order valence-electron chi connectivity index (χ0n) is 10.9. The zero-order chi connectivity index (χ0) is 14.8. The van der Waals surface area contributed by atoms with E-state index in [1.54, 1.807) is 48.5 Å². The van der Waals surface area contributed by atoms with Gasteiger partial charge in [0.2, 0.25) is 0 Å². The molecule has 0 unspecified atom stereocenters. The fraction of sp³-hybridized carbons (Fsp3) is 0. The van der Waals surface area contributed by atoms with E-state index in [0.29, 0.717) is 16.7 Å². The molecule has 3 aromatic rings. The van der Waals surface area contributed by atoms with Crippen LogP contribution in [0.3, 0.4) is 0 Å². The molecule has 3 rings (SSSR count). The number of rotatable bonds is 3. The maximum Gasteiger partial charge on any atom is 0.395 e. The van der Waals surface area contributed by atoms with Gasteiger partial charge in [-0.1, -0.05) is 24.3 Å². The van der Waals surface area contributed by atoms with Crippen molar-refractivity contribution in [2.75, 3.05) is 0 Å². The largest absolute Gasteiger partial charge is 0.507 e. The number of hydrogen-bond acceptors (Lipinski definition) is 4. The summed E-state index contributed by atoms with van der Waals surface area (Å²) in [5.41, 5.74) is 1.41. The molecule has 5 heteroatoms. The first-order valence-corrected chi connectivity index (χ1v) is 6.97. The average molecular weight is 298 g/mol. The summed E-state index contributed by atoms with van der Waals surface area (Å²) < 4.78 is 15.3. The minimum atomic E-state index is -0.411. The second-order valence-corrected chi connectivity index (χ2v) is 4.85. The van der Waals surface area contributed by atoms with E-state index in [1.165, 1.54) is 0 Å². The summed E-state index contributed by atoms with van der Waals surface area (Å²) >= 11 is 0. The van der Waals surface area contributed by atoms with Gasteiger partial charge in [0, 0.05) is 10.9 Å². The number of hydrogen-bond donors (Lipinski definition) is 2. The molecule has 0 aliphatic heterocycles. The topological polar surface area (TPSA) is 66.8 Å². The lowest BCUT2D eigenvalue weighted by molar-refractivity contribution is 0.476. The van der Waals surface area contributed by atoms with Crippen LogP contribution in [0.1, 0.15) is 0 Å². The van der Waals surface area contributed by atoms with E-state index in [4.69, 9.17) is 4.52 Å². The Balaban J connectivity index is 2.21. The summed E-state index contributed by atoms with van der Waals surface area (Å²) in [5, 5.41) is 21.5. The van der Waals surface area contributed by atoms with Crippen LogP contribution in [0, 0.1) is 0 Å². The molecule has 0 heterocycles. The lowest BCUT2D eigenvalue weighted by Crippen LogP contribution is -1.84. The third kappa shape index (κ3) is 2.41. The third-order valence-electron chi connectivity index (χ3n) is 3.30. The van der Waals surface area contributed by atoms with Crippen molar-refractivity contribution in [1.82, 2.24) is 0 Å². The van der Waals surface area contributed by atoms with E-state index in [-0.39, 0.29) is 11.5 Å². The van der Waals surface area contributed by atoms with Gasteiger partial charge in [-0.3, -0.25) is 0 Å². The summed E-state index contributed by atoms with van der Waals surface area (Å²) in [6.45, 7) is 0. The first-order chi connectivity index (χ1) is 10.2. The van der Waals surface area contributed by atoms with Gasteiger partial charge in [-0.2, -0.15) is 0 Å². The second-order valence-electron chi connectivity index (χ2n) is 4.52. The van der Waals surface area contributed by atoms with Gasteiger partial charge in [-0.05, 0) is 41.3 Å². The van der Waals surface area contributed by atoms with E-state index >= 15 is 0 Å². The summed E-state index contributed by atoms with van der Waals surface area (Å²) in [5.74, 6) is 0.764. The molecule has 2 N–H and O–H groups in total. The second kappa shape index (κ2) is 5.43. The molecule has 104 valence electrons. The van der Waals surface area contributed by atoms with Crippen LogP contribution in [0.5, 0.6) is 17.2 Å². The van der Waals surface area contributed by atoms with Crippen LogP contribution in [-0.4, -0.2) is 10.2 Å². The molecule has 0 amide bonds. The zero-order valence-corrected chi connectivity index (χ0v) is 11.7. The van der Waals surface area contributed by atoms with Crippen molar-refractivity contribution < 1.29 is 19.3 Å². The van der Waals surface area contributed by atoms with E-state index in [9.17, 15) is 14.8 Å².